The summed E-state index contributed by atoms with van der Waals surface area (Å²) in [5.74, 6) is -2.81. The summed E-state index contributed by atoms with van der Waals surface area (Å²) >= 11 is 0. The fourth-order valence-corrected chi connectivity index (χ4v) is 0.480. The van der Waals surface area contributed by atoms with Gasteiger partial charge < -0.3 is 20.7 Å². The van der Waals surface area contributed by atoms with Gasteiger partial charge in [0.2, 0.25) is 0 Å². The molecule has 0 aromatic heterocycles. The van der Waals surface area contributed by atoms with E-state index in [9.17, 15) is 4.79 Å². The van der Waals surface area contributed by atoms with E-state index in [4.69, 9.17) is 15.9 Å². The maximum atomic E-state index is 10.1. The fraction of sp³-hybridized carbons (Fsp3) is 0.750. The lowest BCUT2D eigenvalue weighted by Gasteiger charge is -2.05. The Labute approximate surface area is 51.0 Å². The van der Waals surface area contributed by atoms with Gasteiger partial charge in [-0.2, -0.15) is 0 Å². The SMILES string of the molecule is NCC(O)C1(O)OC1=O. The molecule has 2 unspecified atom stereocenters. The third-order valence-corrected chi connectivity index (χ3v) is 1.17. The zero-order valence-electron chi connectivity index (χ0n) is 4.57. The highest BCUT2D eigenvalue weighted by Crippen LogP contribution is 2.28. The number of aliphatic hydroxyl groups excluding tert-OH is 1. The molecule has 4 N–H and O–H groups in total. The molecule has 0 amide bonds. The quantitative estimate of drug-likeness (QED) is 0.363. The minimum atomic E-state index is -1.99. The lowest BCUT2D eigenvalue weighted by Crippen LogP contribution is -2.37. The third kappa shape index (κ3) is 0.787. The number of cyclic esters (lactones) is 1. The van der Waals surface area contributed by atoms with Gasteiger partial charge in [-0.3, -0.25) is 0 Å². The summed E-state index contributed by atoms with van der Waals surface area (Å²) in [6, 6.07) is 0. The minimum Gasteiger partial charge on any atom is -0.414 e. The van der Waals surface area contributed by atoms with Gasteiger partial charge in [-0.25, -0.2) is 4.79 Å². The largest absolute Gasteiger partial charge is 0.414 e. The normalized spacial score (nSPS) is 35.7. The van der Waals surface area contributed by atoms with Crippen LogP contribution in [0.3, 0.4) is 0 Å². The van der Waals surface area contributed by atoms with Gasteiger partial charge in [0, 0.05) is 6.54 Å². The van der Waals surface area contributed by atoms with Gasteiger partial charge >= 0.3 is 11.8 Å². The molecule has 0 bridgehead atoms. The molecule has 0 aliphatic carbocycles. The van der Waals surface area contributed by atoms with E-state index in [1.165, 1.54) is 0 Å². The topological polar surface area (TPSA) is 96.1 Å². The summed E-state index contributed by atoms with van der Waals surface area (Å²) in [5.41, 5.74) is 4.92. The van der Waals surface area contributed by atoms with E-state index in [0.29, 0.717) is 0 Å². The van der Waals surface area contributed by atoms with E-state index >= 15 is 0 Å². The van der Waals surface area contributed by atoms with Gasteiger partial charge in [-0.15, -0.1) is 0 Å². The first-order valence-electron chi connectivity index (χ1n) is 2.45. The summed E-state index contributed by atoms with van der Waals surface area (Å²) < 4.78 is 4.04. The Morgan fingerprint density at radius 2 is 2.33 bits per heavy atom. The third-order valence-electron chi connectivity index (χ3n) is 1.17. The molecule has 9 heavy (non-hydrogen) atoms. The summed E-state index contributed by atoms with van der Waals surface area (Å²) in [6.07, 6.45) is -1.30. The molecule has 1 rings (SSSR count). The zero-order chi connectivity index (χ0) is 7.07. The van der Waals surface area contributed by atoms with Crippen molar-refractivity contribution < 1.29 is 19.7 Å². The Hall–Kier alpha value is -0.650. The average Bonchev–Trinajstić information content (AvgIpc) is 2.41. The first-order chi connectivity index (χ1) is 4.11. The van der Waals surface area contributed by atoms with Crippen molar-refractivity contribution in [3.8, 4) is 0 Å². The molecule has 0 radical (unpaired) electrons. The van der Waals surface area contributed by atoms with E-state index < -0.39 is 17.9 Å². The highest BCUT2D eigenvalue weighted by atomic mass is 16.8. The molecule has 2 atom stereocenters. The average molecular weight is 133 g/mol. The van der Waals surface area contributed by atoms with Crippen LogP contribution in [0.4, 0.5) is 0 Å². The molecule has 1 saturated heterocycles. The van der Waals surface area contributed by atoms with Gasteiger partial charge in [0.15, 0.2) is 0 Å². The Morgan fingerprint density at radius 1 is 1.89 bits per heavy atom. The van der Waals surface area contributed by atoms with Crippen LogP contribution in [0.25, 0.3) is 0 Å². The fourth-order valence-electron chi connectivity index (χ4n) is 0.480. The van der Waals surface area contributed by atoms with E-state index in [2.05, 4.69) is 4.74 Å². The van der Waals surface area contributed by atoms with Crippen LogP contribution in [0.1, 0.15) is 0 Å². The molecule has 1 aliphatic heterocycles. The Bertz CT molecular complexity index is 148. The van der Waals surface area contributed by atoms with Crippen molar-refractivity contribution in [3.05, 3.63) is 0 Å². The van der Waals surface area contributed by atoms with Crippen LogP contribution in [-0.4, -0.2) is 34.6 Å². The first kappa shape index (κ1) is 6.47. The summed E-state index contributed by atoms with van der Waals surface area (Å²) in [6.45, 7) is -0.192. The Morgan fingerprint density at radius 3 is 2.44 bits per heavy atom. The van der Waals surface area contributed by atoms with Gasteiger partial charge in [0.25, 0.3) is 0 Å². The maximum absolute atomic E-state index is 10.1. The monoisotopic (exact) mass is 133 g/mol. The highest BCUT2D eigenvalue weighted by molar-refractivity contribution is 5.91. The number of rotatable bonds is 2. The Kier molecular flexibility index (Phi) is 1.20. The molecular weight excluding hydrogens is 126 g/mol. The molecule has 1 aliphatic rings. The van der Waals surface area contributed by atoms with Crippen LogP contribution in [-0.2, 0) is 9.53 Å². The minimum absolute atomic E-state index is 0.192. The van der Waals surface area contributed by atoms with Crippen molar-refractivity contribution in [2.45, 2.75) is 11.9 Å². The number of epoxide rings is 1. The van der Waals surface area contributed by atoms with Crippen molar-refractivity contribution in [1.82, 2.24) is 0 Å². The zero-order valence-corrected chi connectivity index (χ0v) is 4.57. The van der Waals surface area contributed by atoms with E-state index in [1.54, 1.807) is 0 Å². The van der Waals surface area contributed by atoms with Gasteiger partial charge in [-0.1, -0.05) is 0 Å². The summed E-state index contributed by atoms with van der Waals surface area (Å²) in [7, 11) is 0. The first-order valence-corrected chi connectivity index (χ1v) is 2.45. The molecule has 52 valence electrons. The van der Waals surface area contributed by atoms with Crippen molar-refractivity contribution >= 4 is 5.97 Å². The number of hydrogen-bond donors (Lipinski definition) is 3. The smallest absolute Gasteiger partial charge is 0.385 e. The predicted octanol–water partition coefficient (Wildman–Crippen LogP) is -2.45. The molecule has 1 heterocycles. The second-order valence-electron chi connectivity index (χ2n) is 1.84. The standard InChI is InChI=1S/C4H7NO4/c5-1-2(6)4(8)3(7)9-4/h2,6,8H,1,5H2. The molecule has 0 saturated carbocycles. The molecule has 0 aromatic rings. The number of aliphatic hydroxyl groups is 2. The van der Waals surface area contributed by atoms with Gasteiger partial charge in [-0.05, 0) is 0 Å². The van der Waals surface area contributed by atoms with Crippen molar-refractivity contribution in [2.24, 2.45) is 5.73 Å². The maximum Gasteiger partial charge on any atom is 0.385 e. The number of ether oxygens (including phenoxy) is 1. The number of carbonyl (C=O) groups is 1. The lowest BCUT2D eigenvalue weighted by molar-refractivity contribution is -0.120. The Balaban J connectivity index is 2.53. The van der Waals surface area contributed by atoms with E-state index in [0.717, 1.165) is 0 Å². The van der Waals surface area contributed by atoms with Gasteiger partial charge in [0.05, 0.1) is 0 Å². The summed E-state index contributed by atoms with van der Waals surface area (Å²) in [4.78, 5) is 10.1. The molecule has 0 aromatic carbocycles. The van der Waals surface area contributed by atoms with Crippen LogP contribution in [0.2, 0.25) is 0 Å². The second kappa shape index (κ2) is 1.66. The van der Waals surface area contributed by atoms with E-state index in [1.807, 2.05) is 0 Å². The van der Waals surface area contributed by atoms with Crippen LogP contribution in [0.15, 0.2) is 0 Å². The van der Waals surface area contributed by atoms with Gasteiger partial charge in [0.1, 0.15) is 6.10 Å². The van der Waals surface area contributed by atoms with E-state index in [-0.39, 0.29) is 6.54 Å². The lowest BCUT2D eigenvalue weighted by atomic mass is 10.2. The molecule has 1 fully saturated rings. The van der Waals surface area contributed by atoms with Crippen LogP contribution in [0.5, 0.6) is 0 Å². The number of carbonyl (C=O) groups excluding carboxylic acids is 1. The number of nitrogens with two attached hydrogens (primary N) is 1. The number of hydrogen-bond acceptors (Lipinski definition) is 5. The predicted molar refractivity (Wildman–Crippen MR) is 26.1 cm³/mol. The molecule has 0 spiro atoms. The molecule has 5 heteroatoms. The van der Waals surface area contributed by atoms with Crippen LogP contribution >= 0.6 is 0 Å². The molecule has 5 nitrogen and oxygen atoms in total. The van der Waals surface area contributed by atoms with Crippen LogP contribution in [0, 0.1) is 0 Å². The highest BCUT2D eigenvalue weighted by Gasteiger charge is 2.62. The second-order valence-corrected chi connectivity index (χ2v) is 1.84. The van der Waals surface area contributed by atoms with Crippen molar-refractivity contribution in [2.75, 3.05) is 6.54 Å². The van der Waals surface area contributed by atoms with Crippen molar-refractivity contribution in [3.63, 3.8) is 0 Å². The summed E-state index contributed by atoms with van der Waals surface area (Å²) in [5, 5.41) is 17.5. The van der Waals surface area contributed by atoms with Crippen LogP contribution < -0.4 is 5.73 Å². The van der Waals surface area contributed by atoms with Crippen molar-refractivity contribution in [1.29, 1.82) is 0 Å². The molecular formula is C4H7NO4.